The first-order chi connectivity index (χ1) is 13.8. The molecule has 156 valence electrons. The van der Waals surface area contributed by atoms with Gasteiger partial charge in [-0.1, -0.05) is 24.4 Å². The minimum absolute atomic E-state index is 0.135. The fraction of sp³-hybridized carbons (Fsp3) is 0.381. The second kappa shape index (κ2) is 9.05. The fourth-order valence-electron chi connectivity index (χ4n) is 3.36. The molecule has 0 radical (unpaired) electrons. The molecule has 0 saturated carbocycles. The molecule has 6 nitrogen and oxygen atoms in total. The summed E-state index contributed by atoms with van der Waals surface area (Å²) in [7, 11) is -0.812. The molecule has 0 aliphatic carbocycles. The molecule has 3 rings (SSSR count). The highest BCUT2D eigenvalue weighted by Gasteiger charge is 2.25. The van der Waals surface area contributed by atoms with Gasteiger partial charge >= 0.3 is 0 Å². The maximum absolute atomic E-state index is 13.0. The smallest absolute Gasteiger partial charge is 0.264 e. The highest BCUT2D eigenvalue weighted by Crippen LogP contribution is 2.28. The Hall–Kier alpha value is -2.25. The van der Waals surface area contributed by atoms with Gasteiger partial charge in [-0.15, -0.1) is 0 Å². The molecule has 1 amide bonds. The molecule has 0 aromatic heterocycles. The van der Waals surface area contributed by atoms with Gasteiger partial charge < -0.3 is 9.64 Å². The van der Waals surface area contributed by atoms with Crippen LogP contribution in [0.15, 0.2) is 47.4 Å². The van der Waals surface area contributed by atoms with Crippen LogP contribution in [0.4, 0.5) is 5.69 Å². The highest BCUT2D eigenvalue weighted by molar-refractivity contribution is 7.92. The van der Waals surface area contributed by atoms with E-state index in [1.165, 1.54) is 26.3 Å². The molecular formula is C21H25ClN2O4S. The Morgan fingerprint density at radius 1 is 1.03 bits per heavy atom. The highest BCUT2D eigenvalue weighted by atomic mass is 35.5. The van der Waals surface area contributed by atoms with Crippen LogP contribution in [-0.4, -0.2) is 46.5 Å². The Morgan fingerprint density at radius 3 is 2.24 bits per heavy atom. The Bertz CT molecular complexity index is 969. The molecule has 8 heteroatoms. The van der Waals surface area contributed by atoms with E-state index in [9.17, 15) is 13.2 Å². The normalized spacial score (nSPS) is 14.9. The van der Waals surface area contributed by atoms with E-state index in [2.05, 4.69) is 0 Å². The van der Waals surface area contributed by atoms with Crippen molar-refractivity contribution in [2.75, 3.05) is 31.6 Å². The van der Waals surface area contributed by atoms with Crippen LogP contribution in [0.25, 0.3) is 0 Å². The van der Waals surface area contributed by atoms with Gasteiger partial charge in [-0.25, -0.2) is 8.42 Å². The number of sulfonamides is 1. The van der Waals surface area contributed by atoms with Crippen molar-refractivity contribution in [1.29, 1.82) is 0 Å². The third-order valence-electron chi connectivity index (χ3n) is 5.16. The molecule has 1 fully saturated rings. The first kappa shape index (κ1) is 21.5. The van der Waals surface area contributed by atoms with E-state index < -0.39 is 10.0 Å². The summed E-state index contributed by atoms with van der Waals surface area (Å²) in [4.78, 5) is 14.9. The van der Waals surface area contributed by atoms with E-state index in [1.807, 2.05) is 0 Å². The van der Waals surface area contributed by atoms with Gasteiger partial charge in [0, 0.05) is 20.1 Å². The third-order valence-corrected chi connectivity index (χ3v) is 7.28. The molecular weight excluding hydrogens is 412 g/mol. The number of carbonyl (C=O) groups excluding carboxylic acids is 1. The maximum atomic E-state index is 13.0. The van der Waals surface area contributed by atoms with Crippen molar-refractivity contribution < 1.29 is 17.9 Å². The van der Waals surface area contributed by atoms with Crippen LogP contribution in [0.3, 0.4) is 0 Å². The molecule has 1 heterocycles. The zero-order valence-corrected chi connectivity index (χ0v) is 18.2. The van der Waals surface area contributed by atoms with Gasteiger partial charge in [0.1, 0.15) is 5.75 Å². The van der Waals surface area contributed by atoms with E-state index in [0.29, 0.717) is 35.1 Å². The number of rotatable bonds is 5. The summed E-state index contributed by atoms with van der Waals surface area (Å²) in [6, 6.07) is 10.9. The van der Waals surface area contributed by atoms with Crippen LogP contribution < -0.4 is 9.04 Å². The summed E-state index contributed by atoms with van der Waals surface area (Å²) in [6.45, 7) is 1.39. The predicted molar refractivity (Wildman–Crippen MR) is 114 cm³/mol. The third kappa shape index (κ3) is 4.67. The average molecular weight is 437 g/mol. The molecule has 0 spiro atoms. The Labute approximate surface area is 177 Å². The molecule has 1 aliphatic heterocycles. The number of hydrogen-bond donors (Lipinski definition) is 0. The van der Waals surface area contributed by atoms with E-state index in [-0.39, 0.29) is 10.8 Å². The van der Waals surface area contributed by atoms with Crippen LogP contribution in [0.2, 0.25) is 5.02 Å². The number of likely N-dealkylation sites (tertiary alicyclic amines) is 1. The molecule has 29 heavy (non-hydrogen) atoms. The second-order valence-electron chi connectivity index (χ2n) is 7.02. The zero-order chi connectivity index (χ0) is 21.0. The van der Waals surface area contributed by atoms with Crippen molar-refractivity contribution in [3.8, 4) is 5.75 Å². The first-order valence-corrected chi connectivity index (χ1v) is 11.4. The van der Waals surface area contributed by atoms with Gasteiger partial charge in [-0.2, -0.15) is 0 Å². The lowest BCUT2D eigenvalue weighted by atomic mass is 10.1. The number of methoxy groups -OCH3 is 1. The number of hydrogen-bond acceptors (Lipinski definition) is 4. The Kier molecular flexibility index (Phi) is 6.70. The lowest BCUT2D eigenvalue weighted by Crippen LogP contribution is -2.32. The topological polar surface area (TPSA) is 66.9 Å². The molecule has 2 aromatic carbocycles. The summed E-state index contributed by atoms with van der Waals surface area (Å²) >= 11 is 6.29. The molecule has 0 bridgehead atoms. The summed E-state index contributed by atoms with van der Waals surface area (Å²) in [5, 5.41) is 0.318. The average Bonchev–Trinajstić information content (AvgIpc) is 3.02. The minimum atomic E-state index is -3.79. The minimum Gasteiger partial charge on any atom is -0.497 e. The van der Waals surface area contributed by atoms with Crippen molar-refractivity contribution >= 4 is 33.2 Å². The van der Waals surface area contributed by atoms with Crippen molar-refractivity contribution in [1.82, 2.24) is 4.90 Å². The number of nitrogens with zero attached hydrogens (tertiary/aromatic N) is 2. The van der Waals surface area contributed by atoms with Crippen molar-refractivity contribution in [2.24, 2.45) is 0 Å². The van der Waals surface area contributed by atoms with Crippen molar-refractivity contribution in [2.45, 2.75) is 30.6 Å². The summed E-state index contributed by atoms with van der Waals surface area (Å²) < 4.78 is 32.2. The zero-order valence-electron chi connectivity index (χ0n) is 16.6. The van der Waals surface area contributed by atoms with E-state index in [0.717, 1.165) is 30.0 Å². The van der Waals surface area contributed by atoms with Crippen molar-refractivity contribution in [3.05, 3.63) is 53.1 Å². The first-order valence-electron chi connectivity index (χ1n) is 9.56. The van der Waals surface area contributed by atoms with E-state index >= 15 is 0 Å². The van der Waals surface area contributed by atoms with Crippen molar-refractivity contribution in [3.63, 3.8) is 0 Å². The molecule has 1 aliphatic rings. The molecule has 1 saturated heterocycles. The molecule has 2 aromatic rings. The summed E-state index contributed by atoms with van der Waals surface area (Å²) in [5.74, 6) is 0.414. The Morgan fingerprint density at radius 2 is 1.66 bits per heavy atom. The molecule has 0 atom stereocenters. The lowest BCUT2D eigenvalue weighted by Gasteiger charge is -2.23. The maximum Gasteiger partial charge on any atom is 0.264 e. The van der Waals surface area contributed by atoms with Gasteiger partial charge in [-0.05, 0) is 55.3 Å². The largest absolute Gasteiger partial charge is 0.497 e. The van der Waals surface area contributed by atoms with E-state index in [1.54, 1.807) is 35.2 Å². The standard InChI is InChI=1S/C21H25ClN2O4S/c1-23(29(26,27)18-10-8-17(28-2)9-11-18)16-7-12-20(22)19(15-16)21(25)24-13-5-3-4-6-14-24/h7-12,15H,3-6,13-14H2,1-2H3. The Balaban J connectivity index is 1.90. The number of anilines is 1. The summed E-state index contributed by atoms with van der Waals surface area (Å²) in [6.07, 6.45) is 4.16. The SMILES string of the molecule is COc1ccc(S(=O)(=O)N(C)c2ccc(Cl)c(C(=O)N3CCCCCC3)c2)cc1. The van der Waals surface area contributed by atoms with Crippen LogP contribution in [0.1, 0.15) is 36.0 Å². The number of carbonyl (C=O) groups is 1. The van der Waals surface area contributed by atoms with Gasteiger partial charge in [-0.3, -0.25) is 9.10 Å². The predicted octanol–water partition coefficient (Wildman–Crippen LogP) is 4.19. The number of benzene rings is 2. The van der Waals surface area contributed by atoms with Crippen LogP contribution >= 0.6 is 11.6 Å². The molecule has 0 N–H and O–H groups in total. The fourth-order valence-corrected chi connectivity index (χ4v) is 4.75. The number of ether oxygens (including phenoxy) is 1. The van der Waals surface area contributed by atoms with Crippen LogP contribution in [0, 0.1) is 0 Å². The van der Waals surface area contributed by atoms with Crippen LogP contribution in [-0.2, 0) is 10.0 Å². The number of halogens is 1. The van der Waals surface area contributed by atoms with Gasteiger partial charge in [0.2, 0.25) is 0 Å². The van der Waals surface area contributed by atoms with Crippen LogP contribution in [0.5, 0.6) is 5.75 Å². The lowest BCUT2D eigenvalue weighted by molar-refractivity contribution is 0.0762. The van der Waals surface area contributed by atoms with Gasteiger partial charge in [0.05, 0.1) is 28.3 Å². The number of amides is 1. The summed E-state index contributed by atoms with van der Waals surface area (Å²) in [5.41, 5.74) is 0.700. The monoisotopic (exact) mass is 436 g/mol. The van der Waals surface area contributed by atoms with Gasteiger partial charge in [0.15, 0.2) is 0 Å². The molecule has 0 unspecified atom stereocenters. The second-order valence-corrected chi connectivity index (χ2v) is 9.40. The van der Waals surface area contributed by atoms with Gasteiger partial charge in [0.25, 0.3) is 15.9 Å². The quantitative estimate of drug-likeness (QED) is 0.704. The van der Waals surface area contributed by atoms with E-state index in [4.69, 9.17) is 16.3 Å².